The van der Waals surface area contributed by atoms with Gasteiger partial charge in [-0.15, -0.1) is 0 Å². The van der Waals surface area contributed by atoms with Crippen molar-refractivity contribution in [2.45, 2.75) is 27.3 Å². The summed E-state index contributed by atoms with van der Waals surface area (Å²) in [4.78, 5) is 2.24. The van der Waals surface area contributed by atoms with Crippen molar-refractivity contribution < 1.29 is 4.42 Å². The molecule has 0 spiro atoms. The molecule has 0 fully saturated rings. The lowest BCUT2D eigenvalue weighted by atomic mass is 9.93. The lowest BCUT2D eigenvalue weighted by Crippen LogP contribution is -2.36. The van der Waals surface area contributed by atoms with Crippen molar-refractivity contribution in [1.82, 2.24) is 4.90 Å². The fourth-order valence-corrected chi connectivity index (χ4v) is 1.69. The third-order valence-electron chi connectivity index (χ3n) is 2.47. The minimum absolute atomic E-state index is 0.163. The predicted molar refractivity (Wildman–Crippen MR) is 62.6 cm³/mol. The zero-order valence-corrected chi connectivity index (χ0v) is 10.2. The molecular formula is C12H22N2O. The van der Waals surface area contributed by atoms with E-state index in [9.17, 15) is 0 Å². The molecule has 2 N–H and O–H groups in total. The van der Waals surface area contributed by atoms with Gasteiger partial charge >= 0.3 is 0 Å². The Kier molecular flexibility index (Phi) is 3.94. The summed E-state index contributed by atoms with van der Waals surface area (Å²) in [5.41, 5.74) is 5.87. The molecule has 0 atom stereocenters. The van der Waals surface area contributed by atoms with Gasteiger partial charge in [-0.2, -0.15) is 0 Å². The van der Waals surface area contributed by atoms with Crippen LogP contribution in [0.4, 0.5) is 0 Å². The van der Waals surface area contributed by atoms with Gasteiger partial charge < -0.3 is 10.2 Å². The number of nitrogens with two attached hydrogens (primary N) is 1. The Morgan fingerprint density at radius 2 is 2.07 bits per heavy atom. The van der Waals surface area contributed by atoms with Crippen LogP contribution >= 0.6 is 0 Å². The summed E-state index contributed by atoms with van der Waals surface area (Å²) in [5, 5.41) is 0. The van der Waals surface area contributed by atoms with Crippen LogP contribution in [0, 0.1) is 12.3 Å². The van der Waals surface area contributed by atoms with E-state index in [2.05, 4.69) is 25.8 Å². The summed E-state index contributed by atoms with van der Waals surface area (Å²) in [6.45, 7) is 8.84. The highest BCUT2D eigenvalue weighted by atomic mass is 16.3. The van der Waals surface area contributed by atoms with E-state index in [0.717, 1.165) is 24.6 Å². The van der Waals surface area contributed by atoms with Crippen molar-refractivity contribution in [3.63, 3.8) is 0 Å². The Morgan fingerprint density at radius 1 is 1.40 bits per heavy atom. The van der Waals surface area contributed by atoms with E-state index >= 15 is 0 Å². The average Bonchev–Trinajstić information content (AvgIpc) is 2.50. The minimum Gasteiger partial charge on any atom is -0.465 e. The average molecular weight is 210 g/mol. The Bertz CT molecular complexity index is 304. The van der Waals surface area contributed by atoms with E-state index < -0.39 is 0 Å². The molecule has 3 heteroatoms. The SMILES string of the molecule is Cc1ccc(CN(C)CC(C)(C)CN)o1. The molecule has 15 heavy (non-hydrogen) atoms. The first kappa shape index (κ1) is 12.3. The van der Waals surface area contributed by atoms with Gasteiger partial charge in [0, 0.05) is 6.54 Å². The highest BCUT2D eigenvalue weighted by molar-refractivity contribution is 5.05. The molecule has 0 saturated heterocycles. The van der Waals surface area contributed by atoms with Crippen LogP contribution in [0.5, 0.6) is 0 Å². The maximum absolute atomic E-state index is 5.70. The summed E-state index contributed by atoms with van der Waals surface area (Å²) < 4.78 is 5.53. The van der Waals surface area contributed by atoms with Gasteiger partial charge in [-0.3, -0.25) is 4.90 Å². The van der Waals surface area contributed by atoms with Crippen LogP contribution in [0.3, 0.4) is 0 Å². The van der Waals surface area contributed by atoms with Crippen molar-refractivity contribution in [1.29, 1.82) is 0 Å². The van der Waals surface area contributed by atoms with Gasteiger partial charge in [-0.05, 0) is 38.1 Å². The van der Waals surface area contributed by atoms with Crippen molar-refractivity contribution in [2.24, 2.45) is 11.1 Å². The fraction of sp³-hybridized carbons (Fsp3) is 0.667. The van der Waals surface area contributed by atoms with Gasteiger partial charge in [0.2, 0.25) is 0 Å². The number of hydrogen-bond acceptors (Lipinski definition) is 3. The van der Waals surface area contributed by atoms with E-state index in [4.69, 9.17) is 10.2 Å². The van der Waals surface area contributed by atoms with Crippen LogP contribution in [0.15, 0.2) is 16.5 Å². The van der Waals surface area contributed by atoms with Crippen molar-refractivity contribution >= 4 is 0 Å². The summed E-state index contributed by atoms with van der Waals surface area (Å²) in [5.74, 6) is 1.99. The normalized spacial score (nSPS) is 12.4. The maximum Gasteiger partial charge on any atom is 0.118 e. The van der Waals surface area contributed by atoms with Gasteiger partial charge in [0.15, 0.2) is 0 Å². The fourth-order valence-electron chi connectivity index (χ4n) is 1.69. The quantitative estimate of drug-likeness (QED) is 0.808. The van der Waals surface area contributed by atoms with Gasteiger partial charge in [0.05, 0.1) is 6.54 Å². The van der Waals surface area contributed by atoms with E-state index in [0.29, 0.717) is 6.54 Å². The smallest absolute Gasteiger partial charge is 0.118 e. The minimum atomic E-state index is 0.163. The van der Waals surface area contributed by atoms with Crippen LogP contribution < -0.4 is 5.73 Å². The number of furan rings is 1. The standard InChI is InChI=1S/C12H22N2O/c1-10-5-6-11(15-10)7-14(4)9-12(2,3)8-13/h5-6H,7-9,13H2,1-4H3. The van der Waals surface area contributed by atoms with Crippen LogP contribution in [-0.4, -0.2) is 25.0 Å². The topological polar surface area (TPSA) is 42.4 Å². The van der Waals surface area contributed by atoms with Gasteiger partial charge in [-0.25, -0.2) is 0 Å². The maximum atomic E-state index is 5.70. The highest BCUT2D eigenvalue weighted by Crippen LogP contribution is 2.16. The van der Waals surface area contributed by atoms with Crippen molar-refractivity contribution in [3.8, 4) is 0 Å². The molecule has 3 nitrogen and oxygen atoms in total. The van der Waals surface area contributed by atoms with Crippen molar-refractivity contribution in [2.75, 3.05) is 20.1 Å². The molecule has 0 unspecified atom stereocenters. The molecule has 0 saturated carbocycles. The summed E-state index contributed by atoms with van der Waals surface area (Å²) in [7, 11) is 2.09. The van der Waals surface area contributed by atoms with Crippen LogP contribution in [0.2, 0.25) is 0 Å². The van der Waals surface area contributed by atoms with Crippen LogP contribution in [0.25, 0.3) is 0 Å². The predicted octanol–water partition coefficient (Wildman–Crippen LogP) is 2.00. The van der Waals surface area contributed by atoms with Crippen molar-refractivity contribution in [3.05, 3.63) is 23.7 Å². The Balaban J connectivity index is 2.46. The number of hydrogen-bond donors (Lipinski definition) is 1. The van der Waals surface area contributed by atoms with Gasteiger partial charge in [0.1, 0.15) is 11.5 Å². The van der Waals surface area contributed by atoms with Gasteiger partial charge in [0.25, 0.3) is 0 Å². The molecule has 0 aromatic carbocycles. The molecule has 0 aliphatic carbocycles. The zero-order chi connectivity index (χ0) is 11.5. The van der Waals surface area contributed by atoms with E-state index in [1.807, 2.05) is 19.1 Å². The first-order valence-electron chi connectivity index (χ1n) is 5.37. The molecule has 1 aromatic heterocycles. The molecule has 1 rings (SSSR count). The van der Waals surface area contributed by atoms with E-state index in [1.165, 1.54) is 0 Å². The monoisotopic (exact) mass is 210 g/mol. The third-order valence-corrected chi connectivity index (χ3v) is 2.47. The van der Waals surface area contributed by atoms with E-state index in [1.54, 1.807) is 0 Å². The van der Waals surface area contributed by atoms with Crippen LogP contribution in [0.1, 0.15) is 25.4 Å². The second kappa shape index (κ2) is 4.81. The molecule has 0 aliphatic heterocycles. The number of rotatable bonds is 5. The number of aryl methyl sites for hydroxylation is 1. The zero-order valence-electron chi connectivity index (χ0n) is 10.2. The molecule has 0 bridgehead atoms. The van der Waals surface area contributed by atoms with Crippen LogP contribution in [-0.2, 0) is 6.54 Å². The largest absolute Gasteiger partial charge is 0.465 e. The molecule has 1 aromatic rings. The molecular weight excluding hydrogens is 188 g/mol. The molecule has 1 heterocycles. The summed E-state index contributed by atoms with van der Waals surface area (Å²) in [6.07, 6.45) is 0. The first-order chi connectivity index (χ1) is 6.93. The lowest BCUT2D eigenvalue weighted by Gasteiger charge is -2.28. The Labute approximate surface area is 92.2 Å². The Morgan fingerprint density at radius 3 is 2.53 bits per heavy atom. The molecule has 0 amide bonds. The molecule has 86 valence electrons. The van der Waals surface area contributed by atoms with Gasteiger partial charge in [-0.1, -0.05) is 13.8 Å². The van der Waals surface area contributed by atoms with E-state index in [-0.39, 0.29) is 5.41 Å². The Hall–Kier alpha value is -0.800. The third kappa shape index (κ3) is 4.06. The second-order valence-corrected chi connectivity index (χ2v) is 5.05. The molecule has 0 radical (unpaired) electrons. The summed E-state index contributed by atoms with van der Waals surface area (Å²) >= 11 is 0. The molecule has 0 aliphatic rings. The summed E-state index contributed by atoms with van der Waals surface area (Å²) in [6, 6.07) is 4.03. The number of nitrogens with zero attached hydrogens (tertiary/aromatic N) is 1. The first-order valence-corrected chi connectivity index (χ1v) is 5.37. The lowest BCUT2D eigenvalue weighted by molar-refractivity contribution is 0.198. The highest BCUT2D eigenvalue weighted by Gasteiger charge is 2.18. The second-order valence-electron chi connectivity index (χ2n) is 5.05.